The lowest BCUT2D eigenvalue weighted by Crippen LogP contribution is -2.52. The number of nitrogens with two attached hydrogens (primary N) is 1. The molecule has 0 aromatic carbocycles. The van der Waals surface area contributed by atoms with Crippen LogP contribution in [0.1, 0.15) is 38.0 Å². The third kappa shape index (κ3) is 2.44. The van der Waals surface area contributed by atoms with E-state index in [0.29, 0.717) is 5.92 Å². The summed E-state index contributed by atoms with van der Waals surface area (Å²) in [4.78, 5) is 1.33. The highest BCUT2D eigenvalue weighted by atomic mass is 35.5. The Kier molecular flexibility index (Phi) is 3.62. The molecule has 0 radical (unpaired) electrons. The van der Waals surface area contributed by atoms with E-state index in [1.165, 1.54) is 17.7 Å². The van der Waals surface area contributed by atoms with E-state index < -0.39 is 0 Å². The highest BCUT2D eigenvalue weighted by molar-refractivity contribution is 7.16. The minimum Gasteiger partial charge on any atom is -0.325 e. The summed E-state index contributed by atoms with van der Waals surface area (Å²) < 4.78 is 0.870. The van der Waals surface area contributed by atoms with Gasteiger partial charge in [0, 0.05) is 16.8 Å². The second-order valence-electron chi connectivity index (χ2n) is 5.27. The summed E-state index contributed by atoms with van der Waals surface area (Å²) in [6.45, 7) is 4.63. The molecule has 3 heteroatoms. The average molecular weight is 258 g/mol. The Labute approximate surface area is 107 Å². The van der Waals surface area contributed by atoms with Crippen LogP contribution in [0.3, 0.4) is 0 Å². The molecule has 0 amide bonds. The van der Waals surface area contributed by atoms with Crippen molar-refractivity contribution < 1.29 is 0 Å². The Balaban J connectivity index is 2.12. The normalized spacial score (nSPS) is 35.2. The van der Waals surface area contributed by atoms with Crippen LogP contribution in [0, 0.1) is 11.8 Å². The van der Waals surface area contributed by atoms with E-state index in [9.17, 15) is 0 Å². The zero-order valence-electron chi connectivity index (χ0n) is 10.0. The molecule has 0 spiro atoms. The fourth-order valence-electron chi connectivity index (χ4n) is 2.82. The van der Waals surface area contributed by atoms with Crippen LogP contribution in [-0.2, 0) is 6.42 Å². The van der Waals surface area contributed by atoms with Crippen LogP contribution in [0.4, 0.5) is 0 Å². The molecule has 90 valence electrons. The highest BCUT2D eigenvalue weighted by Crippen LogP contribution is 2.39. The molecule has 0 saturated heterocycles. The molecule has 1 aromatic heterocycles. The summed E-state index contributed by atoms with van der Waals surface area (Å²) in [6.07, 6.45) is 4.72. The van der Waals surface area contributed by atoms with Gasteiger partial charge in [-0.05, 0) is 30.4 Å². The monoisotopic (exact) mass is 257 g/mol. The van der Waals surface area contributed by atoms with Gasteiger partial charge in [-0.2, -0.15) is 0 Å². The van der Waals surface area contributed by atoms with Gasteiger partial charge in [0.1, 0.15) is 0 Å². The highest BCUT2D eigenvalue weighted by Gasteiger charge is 2.38. The van der Waals surface area contributed by atoms with E-state index in [4.69, 9.17) is 17.3 Å². The fourth-order valence-corrected chi connectivity index (χ4v) is 4.04. The molecule has 1 heterocycles. The molecule has 1 aliphatic rings. The molecular weight excluding hydrogens is 238 g/mol. The molecule has 0 aliphatic heterocycles. The van der Waals surface area contributed by atoms with Crippen LogP contribution in [0.25, 0.3) is 0 Å². The Morgan fingerprint density at radius 3 is 2.88 bits per heavy atom. The van der Waals surface area contributed by atoms with E-state index in [0.717, 1.165) is 23.1 Å². The maximum absolute atomic E-state index is 6.60. The Morgan fingerprint density at radius 1 is 1.50 bits per heavy atom. The van der Waals surface area contributed by atoms with E-state index in [-0.39, 0.29) is 5.54 Å². The van der Waals surface area contributed by atoms with E-state index in [1.807, 2.05) is 6.07 Å². The molecule has 1 fully saturated rings. The van der Waals surface area contributed by atoms with Gasteiger partial charge in [0.05, 0.1) is 4.34 Å². The van der Waals surface area contributed by atoms with Crippen molar-refractivity contribution in [1.29, 1.82) is 0 Å². The fraction of sp³-hybridized carbons (Fsp3) is 0.692. The van der Waals surface area contributed by atoms with Crippen molar-refractivity contribution in [2.45, 2.75) is 45.1 Å². The van der Waals surface area contributed by atoms with Crippen molar-refractivity contribution in [2.24, 2.45) is 17.6 Å². The second kappa shape index (κ2) is 4.67. The third-order valence-electron chi connectivity index (χ3n) is 4.19. The van der Waals surface area contributed by atoms with Gasteiger partial charge in [-0.3, -0.25) is 0 Å². The summed E-state index contributed by atoms with van der Waals surface area (Å²) in [5.74, 6) is 1.34. The molecule has 1 aliphatic carbocycles. The molecule has 0 bridgehead atoms. The Hall–Kier alpha value is -0.0500. The first-order chi connectivity index (χ1) is 7.51. The van der Waals surface area contributed by atoms with Gasteiger partial charge in [0.15, 0.2) is 0 Å². The number of halogens is 1. The van der Waals surface area contributed by atoms with Crippen LogP contribution >= 0.6 is 22.9 Å². The van der Waals surface area contributed by atoms with Gasteiger partial charge in [0.25, 0.3) is 0 Å². The standard InChI is InChI=1S/C13H20ClNS/c1-9-4-3-7-13(15,10(9)2)8-11-5-6-12(14)16-11/h5-6,9-10H,3-4,7-8,15H2,1-2H3. The predicted molar refractivity (Wildman–Crippen MR) is 72.1 cm³/mol. The lowest BCUT2D eigenvalue weighted by molar-refractivity contribution is 0.144. The van der Waals surface area contributed by atoms with Crippen LogP contribution in [0.15, 0.2) is 12.1 Å². The maximum atomic E-state index is 6.60. The van der Waals surface area contributed by atoms with E-state index in [1.54, 1.807) is 11.3 Å². The predicted octanol–water partition coefficient (Wildman–Crippen LogP) is 4.10. The van der Waals surface area contributed by atoms with E-state index >= 15 is 0 Å². The maximum Gasteiger partial charge on any atom is 0.0931 e. The van der Waals surface area contributed by atoms with Crippen molar-refractivity contribution >= 4 is 22.9 Å². The van der Waals surface area contributed by atoms with Gasteiger partial charge in [-0.25, -0.2) is 0 Å². The largest absolute Gasteiger partial charge is 0.325 e. The first kappa shape index (κ1) is 12.4. The molecular formula is C13H20ClNS. The quantitative estimate of drug-likeness (QED) is 0.848. The summed E-state index contributed by atoms with van der Waals surface area (Å²) in [5, 5.41) is 0. The van der Waals surface area contributed by atoms with Crippen molar-refractivity contribution in [2.75, 3.05) is 0 Å². The summed E-state index contributed by atoms with van der Waals surface area (Å²) >= 11 is 7.63. The summed E-state index contributed by atoms with van der Waals surface area (Å²) in [5.41, 5.74) is 6.58. The van der Waals surface area contributed by atoms with E-state index in [2.05, 4.69) is 19.9 Å². The molecule has 3 unspecified atom stereocenters. The third-order valence-corrected chi connectivity index (χ3v) is 5.43. The Morgan fingerprint density at radius 2 is 2.25 bits per heavy atom. The van der Waals surface area contributed by atoms with Gasteiger partial charge in [0.2, 0.25) is 0 Å². The lowest BCUT2D eigenvalue weighted by Gasteiger charge is -2.43. The minimum atomic E-state index is -0.0220. The zero-order chi connectivity index (χ0) is 11.8. The molecule has 1 nitrogen and oxygen atoms in total. The van der Waals surface area contributed by atoms with Gasteiger partial charge in [-0.15, -0.1) is 11.3 Å². The minimum absolute atomic E-state index is 0.0220. The zero-order valence-corrected chi connectivity index (χ0v) is 11.6. The van der Waals surface area contributed by atoms with Crippen molar-refractivity contribution in [3.8, 4) is 0 Å². The van der Waals surface area contributed by atoms with Crippen molar-refractivity contribution in [3.05, 3.63) is 21.3 Å². The summed E-state index contributed by atoms with van der Waals surface area (Å²) in [6, 6.07) is 4.09. The number of rotatable bonds is 2. The van der Waals surface area contributed by atoms with Gasteiger partial charge >= 0.3 is 0 Å². The average Bonchev–Trinajstić information content (AvgIpc) is 2.60. The van der Waals surface area contributed by atoms with Crippen molar-refractivity contribution in [3.63, 3.8) is 0 Å². The number of hydrogen-bond donors (Lipinski definition) is 1. The number of thiophene rings is 1. The first-order valence-corrected chi connectivity index (χ1v) is 7.24. The second-order valence-corrected chi connectivity index (χ2v) is 7.07. The molecule has 1 saturated carbocycles. The van der Waals surface area contributed by atoms with Crippen LogP contribution in [0.2, 0.25) is 4.34 Å². The molecule has 1 aromatic rings. The van der Waals surface area contributed by atoms with Crippen LogP contribution < -0.4 is 5.73 Å². The summed E-state index contributed by atoms with van der Waals surface area (Å²) in [7, 11) is 0. The number of hydrogen-bond acceptors (Lipinski definition) is 2. The molecule has 3 atom stereocenters. The SMILES string of the molecule is CC1CCCC(N)(Cc2ccc(Cl)s2)C1C. The smallest absolute Gasteiger partial charge is 0.0931 e. The van der Waals surface area contributed by atoms with Crippen LogP contribution in [-0.4, -0.2) is 5.54 Å². The lowest BCUT2D eigenvalue weighted by atomic mass is 9.67. The molecule has 2 N–H and O–H groups in total. The molecule has 2 rings (SSSR count). The molecule has 16 heavy (non-hydrogen) atoms. The van der Waals surface area contributed by atoms with Gasteiger partial charge in [-0.1, -0.05) is 38.3 Å². The Bertz CT molecular complexity index is 363. The van der Waals surface area contributed by atoms with Crippen LogP contribution in [0.5, 0.6) is 0 Å². The first-order valence-electron chi connectivity index (χ1n) is 6.04. The topological polar surface area (TPSA) is 26.0 Å². The van der Waals surface area contributed by atoms with Crippen molar-refractivity contribution in [1.82, 2.24) is 0 Å². The van der Waals surface area contributed by atoms with Gasteiger partial charge < -0.3 is 5.73 Å².